The summed E-state index contributed by atoms with van der Waals surface area (Å²) in [5.41, 5.74) is 0.391. The van der Waals surface area contributed by atoms with E-state index in [2.05, 4.69) is 6.92 Å². The first-order chi connectivity index (χ1) is 9.63. The van der Waals surface area contributed by atoms with Crippen LogP contribution in [0.3, 0.4) is 0 Å². The Kier molecular flexibility index (Phi) is 7.97. The lowest BCUT2D eigenvalue weighted by Crippen LogP contribution is -2.07. The third-order valence-corrected chi connectivity index (χ3v) is 3.27. The molecule has 1 rings (SSSR count). The van der Waals surface area contributed by atoms with E-state index < -0.39 is 5.24 Å². The van der Waals surface area contributed by atoms with E-state index in [1.807, 2.05) is 0 Å². The second kappa shape index (κ2) is 9.54. The molecule has 4 heteroatoms. The molecule has 0 saturated carbocycles. The van der Waals surface area contributed by atoms with Gasteiger partial charge in [-0.1, -0.05) is 39.0 Å². The quantitative estimate of drug-likeness (QED) is 0.286. The van der Waals surface area contributed by atoms with Crippen molar-refractivity contribution in [3.63, 3.8) is 0 Å². The second-order valence-corrected chi connectivity index (χ2v) is 5.13. The SMILES string of the molecule is CCCCCCCCC(=O)Oc1ccc(C(=O)Cl)cc1. The van der Waals surface area contributed by atoms with E-state index in [0.717, 1.165) is 12.8 Å². The van der Waals surface area contributed by atoms with Gasteiger partial charge in [-0.05, 0) is 42.3 Å². The van der Waals surface area contributed by atoms with Gasteiger partial charge in [-0.25, -0.2) is 0 Å². The van der Waals surface area contributed by atoms with Crippen LogP contribution in [0.15, 0.2) is 24.3 Å². The zero-order chi connectivity index (χ0) is 14.8. The second-order valence-electron chi connectivity index (χ2n) is 4.79. The summed E-state index contributed by atoms with van der Waals surface area (Å²) in [6.45, 7) is 2.18. The van der Waals surface area contributed by atoms with Crippen molar-refractivity contribution in [3.05, 3.63) is 29.8 Å². The van der Waals surface area contributed by atoms with E-state index in [9.17, 15) is 9.59 Å². The highest BCUT2D eigenvalue weighted by Crippen LogP contribution is 2.15. The minimum atomic E-state index is -0.519. The fraction of sp³-hybridized carbons (Fsp3) is 0.500. The standard InChI is InChI=1S/C16H21ClO3/c1-2-3-4-5-6-7-8-15(18)20-14-11-9-13(10-12-14)16(17)19/h9-12H,2-8H2,1H3. The summed E-state index contributed by atoms with van der Waals surface area (Å²) >= 11 is 5.34. The highest BCUT2D eigenvalue weighted by atomic mass is 35.5. The molecule has 0 amide bonds. The summed E-state index contributed by atoms with van der Waals surface area (Å²) in [7, 11) is 0. The van der Waals surface area contributed by atoms with E-state index >= 15 is 0 Å². The molecule has 3 nitrogen and oxygen atoms in total. The molecule has 0 aliphatic carbocycles. The molecule has 0 aliphatic rings. The Labute approximate surface area is 125 Å². The molecule has 0 atom stereocenters. The van der Waals surface area contributed by atoms with Crippen molar-refractivity contribution in [2.75, 3.05) is 0 Å². The van der Waals surface area contributed by atoms with Crippen molar-refractivity contribution < 1.29 is 14.3 Å². The van der Waals surface area contributed by atoms with Crippen molar-refractivity contribution in [3.8, 4) is 5.75 Å². The molecule has 0 radical (unpaired) electrons. The number of ether oxygens (including phenoxy) is 1. The molecule has 0 aromatic heterocycles. The average Bonchev–Trinajstić information content (AvgIpc) is 2.43. The molecule has 0 heterocycles. The minimum absolute atomic E-state index is 0.231. The van der Waals surface area contributed by atoms with Gasteiger partial charge in [-0.3, -0.25) is 9.59 Å². The summed E-state index contributed by atoms with van der Waals surface area (Å²) in [4.78, 5) is 22.5. The Morgan fingerprint density at radius 2 is 1.60 bits per heavy atom. The molecule has 0 saturated heterocycles. The van der Waals surface area contributed by atoms with Crippen LogP contribution in [-0.2, 0) is 4.79 Å². The Morgan fingerprint density at radius 3 is 2.20 bits per heavy atom. The van der Waals surface area contributed by atoms with Crippen LogP contribution >= 0.6 is 11.6 Å². The average molecular weight is 297 g/mol. The third-order valence-electron chi connectivity index (χ3n) is 3.05. The molecule has 20 heavy (non-hydrogen) atoms. The van der Waals surface area contributed by atoms with Gasteiger partial charge < -0.3 is 4.74 Å². The van der Waals surface area contributed by atoms with Crippen molar-refractivity contribution in [1.29, 1.82) is 0 Å². The summed E-state index contributed by atoms with van der Waals surface area (Å²) in [5, 5.41) is -0.519. The van der Waals surface area contributed by atoms with Crippen LogP contribution in [0.2, 0.25) is 0 Å². The van der Waals surface area contributed by atoms with Gasteiger partial charge in [0.25, 0.3) is 5.24 Å². The van der Waals surface area contributed by atoms with Crippen LogP contribution in [0.4, 0.5) is 0 Å². The summed E-state index contributed by atoms with van der Waals surface area (Å²) in [5.74, 6) is 0.216. The molecule has 0 fully saturated rings. The predicted molar refractivity (Wildman–Crippen MR) is 80.3 cm³/mol. The van der Waals surface area contributed by atoms with Crippen molar-refractivity contribution in [2.24, 2.45) is 0 Å². The number of unbranched alkanes of at least 4 members (excludes halogenated alkanes) is 5. The van der Waals surface area contributed by atoms with Crippen molar-refractivity contribution >= 4 is 22.8 Å². The number of carbonyl (C=O) groups excluding carboxylic acids is 2. The highest BCUT2D eigenvalue weighted by Gasteiger charge is 2.06. The van der Waals surface area contributed by atoms with E-state index in [1.165, 1.54) is 25.7 Å². The van der Waals surface area contributed by atoms with Crippen LogP contribution in [0.25, 0.3) is 0 Å². The Morgan fingerprint density at radius 1 is 1.00 bits per heavy atom. The largest absolute Gasteiger partial charge is 0.427 e. The monoisotopic (exact) mass is 296 g/mol. The molecule has 1 aromatic rings. The van der Waals surface area contributed by atoms with Gasteiger partial charge in [0.2, 0.25) is 0 Å². The van der Waals surface area contributed by atoms with E-state index in [4.69, 9.17) is 16.3 Å². The lowest BCUT2D eigenvalue weighted by molar-refractivity contribution is -0.134. The number of halogens is 1. The first-order valence-corrected chi connectivity index (χ1v) is 7.52. The topological polar surface area (TPSA) is 43.4 Å². The normalized spacial score (nSPS) is 10.3. The van der Waals surface area contributed by atoms with E-state index in [1.54, 1.807) is 24.3 Å². The van der Waals surface area contributed by atoms with Gasteiger partial charge in [0, 0.05) is 12.0 Å². The molecule has 0 bridgehead atoms. The molecule has 0 unspecified atom stereocenters. The maximum absolute atomic E-state index is 11.6. The first-order valence-electron chi connectivity index (χ1n) is 7.14. The molecule has 0 aliphatic heterocycles. The Balaban J connectivity index is 2.23. The number of esters is 1. The van der Waals surface area contributed by atoms with Crippen LogP contribution in [0.1, 0.15) is 62.2 Å². The molecule has 1 aromatic carbocycles. The van der Waals surface area contributed by atoms with Crippen LogP contribution in [0, 0.1) is 0 Å². The maximum Gasteiger partial charge on any atom is 0.311 e. The first kappa shape index (κ1) is 16.7. The fourth-order valence-electron chi connectivity index (χ4n) is 1.89. The zero-order valence-corrected chi connectivity index (χ0v) is 12.6. The number of benzene rings is 1. The van der Waals surface area contributed by atoms with Gasteiger partial charge in [0.05, 0.1) is 0 Å². The van der Waals surface area contributed by atoms with Crippen molar-refractivity contribution in [1.82, 2.24) is 0 Å². The predicted octanol–water partition coefficient (Wildman–Crippen LogP) is 4.72. The summed E-state index contributed by atoms with van der Waals surface area (Å²) in [6.07, 6.45) is 7.25. The number of carbonyl (C=O) groups is 2. The van der Waals surface area contributed by atoms with Gasteiger partial charge in [0.15, 0.2) is 0 Å². The van der Waals surface area contributed by atoms with Gasteiger partial charge in [-0.15, -0.1) is 0 Å². The lowest BCUT2D eigenvalue weighted by Gasteiger charge is -2.04. The maximum atomic E-state index is 11.6. The zero-order valence-electron chi connectivity index (χ0n) is 11.9. The third kappa shape index (κ3) is 6.71. The lowest BCUT2D eigenvalue weighted by atomic mass is 10.1. The molecular formula is C16H21ClO3. The Bertz CT molecular complexity index is 426. The van der Waals surface area contributed by atoms with Gasteiger partial charge >= 0.3 is 5.97 Å². The van der Waals surface area contributed by atoms with Crippen LogP contribution in [-0.4, -0.2) is 11.2 Å². The van der Waals surface area contributed by atoms with Crippen LogP contribution < -0.4 is 4.74 Å². The van der Waals surface area contributed by atoms with Gasteiger partial charge in [-0.2, -0.15) is 0 Å². The van der Waals surface area contributed by atoms with E-state index in [0.29, 0.717) is 17.7 Å². The number of hydrogen-bond acceptors (Lipinski definition) is 3. The van der Waals surface area contributed by atoms with Gasteiger partial charge in [0.1, 0.15) is 5.75 Å². The molecule has 110 valence electrons. The Hall–Kier alpha value is -1.35. The van der Waals surface area contributed by atoms with Crippen LogP contribution in [0.5, 0.6) is 5.75 Å². The highest BCUT2D eigenvalue weighted by molar-refractivity contribution is 6.67. The molecule has 0 N–H and O–H groups in total. The number of hydrogen-bond donors (Lipinski definition) is 0. The summed E-state index contributed by atoms with van der Waals surface area (Å²) < 4.78 is 5.18. The molecular weight excluding hydrogens is 276 g/mol. The fourth-order valence-corrected chi connectivity index (χ4v) is 2.01. The molecule has 0 spiro atoms. The minimum Gasteiger partial charge on any atom is -0.427 e. The van der Waals surface area contributed by atoms with E-state index in [-0.39, 0.29) is 5.97 Å². The van der Waals surface area contributed by atoms with Crippen molar-refractivity contribution in [2.45, 2.75) is 51.9 Å². The summed E-state index contributed by atoms with van der Waals surface area (Å²) in [6, 6.07) is 6.24. The smallest absolute Gasteiger partial charge is 0.311 e. The number of rotatable bonds is 9.